The van der Waals surface area contributed by atoms with Crippen LogP contribution in [0.1, 0.15) is 36.5 Å². The van der Waals surface area contributed by atoms with Gasteiger partial charge in [-0.05, 0) is 44.0 Å². The summed E-state index contributed by atoms with van der Waals surface area (Å²) in [7, 11) is 0. The minimum absolute atomic E-state index is 0. The van der Waals surface area contributed by atoms with E-state index in [0.717, 1.165) is 12.8 Å². The molecule has 1 unspecified atom stereocenters. The van der Waals surface area contributed by atoms with Crippen LogP contribution in [-0.2, 0) is 4.79 Å². The Balaban J connectivity index is 0.00000200. The Kier molecular flexibility index (Phi) is 5.98. The molecule has 1 saturated carbocycles. The van der Waals surface area contributed by atoms with Gasteiger partial charge in [0.15, 0.2) is 0 Å². The maximum atomic E-state index is 11.8. The number of nitrogens with two attached hydrogens (primary N) is 1. The van der Waals surface area contributed by atoms with Crippen LogP contribution in [0.3, 0.4) is 0 Å². The number of carbonyl (C=O) groups excluding carboxylic acids is 2. The molecule has 110 valence electrons. The van der Waals surface area contributed by atoms with Gasteiger partial charge < -0.3 is 16.4 Å². The minimum atomic E-state index is -0.163. The molecule has 20 heavy (non-hydrogen) atoms. The Morgan fingerprint density at radius 3 is 2.40 bits per heavy atom. The van der Waals surface area contributed by atoms with Crippen molar-refractivity contribution in [2.24, 2.45) is 5.73 Å². The molecule has 6 heteroatoms. The lowest BCUT2D eigenvalue weighted by atomic mass is 10.2. The summed E-state index contributed by atoms with van der Waals surface area (Å²) in [4.78, 5) is 23.3. The molecule has 2 amide bonds. The van der Waals surface area contributed by atoms with Gasteiger partial charge in [-0.2, -0.15) is 0 Å². The van der Waals surface area contributed by atoms with Crippen molar-refractivity contribution in [3.8, 4) is 0 Å². The minimum Gasteiger partial charge on any atom is -0.349 e. The molecule has 1 aliphatic rings. The van der Waals surface area contributed by atoms with E-state index in [4.69, 9.17) is 5.73 Å². The van der Waals surface area contributed by atoms with Crippen LogP contribution in [-0.4, -0.2) is 23.9 Å². The Morgan fingerprint density at radius 2 is 1.90 bits per heavy atom. The molecular formula is C14H20ClN3O2. The molecule has 0 bridgehead atoms. The summed E-state index contributed by atoms with van der Waals surface area (Å²) in [5.41, 5.74) is 6.83. The van der Waals surface area contributed by atoms with Crippen molar-refractivity contribution in [2.75, 3.05) is 5.32 Å². The summed E-state index contributed by atoms with van der Waals surface area (Å²) in [6.07, 6.45) is 2.41. The highest BCUT2D eigenvalue weighted by Gasteiger charge is 2.23. The lowest BCUT2D eigenvalue weighted by molar-refractivity contribution is -0.116. The number of benzene rings is 1. The topological polar surface area (TPSA) is 84.2 Å². The predicted octanol–water partition coefficient (Wildman–Crippen LogP) is 1.68. The van der Waals surface area contributed by atoms with Crippen LogP contribution in [0.4, 0.5) is 5.69 Å². The normalized spacial score (nSPS) is 14.9. The second kappa shape index (κ2) is 7.26. The second-order valence-corrected chi connectivity index (χ2v) is 5.05. The molecule has 1 fully saturated rings. The molecule has 0 heterocycles. The largest absolute Gasteiger partial charge is 0.349 e. The van der Waals surface area contributed by atoms with Gasteiger partial charge >= 0.3 is 0 Å². The van der Waals surface area contributed by atoms with Gasteiger partial charge in [0.05, 0.1) is 0 Å². The first-order valence-electron chi connectivity index (χ1n) is 6.51. The number of carbonyl (C=O) groups is 2. The van der Waals surface area contributed by atoms with E-state index in [1.807, 2.05) is 0 Å². The zero-order valence-electron chi connectivity index (χ0n) is 11.4. The Morgan fingerprint density at radius 1 is 1.30 bits per heavy atom. The number of halogens is 1. The van der Waals surface area contributed by atoms with Crippen LogP contribution in [0, 0.1) is 0 Å². The van der Waals surface area contributed by atoms with Gasteiger partial charge in [-0.3, -0.25) is 9.59 Å². The van der Waals surface area contributed by atoms with Crippen molar-refractivity contribution in [1.29, 1.82) is 0 Å². The number of rotatable bonds is 5. The van der Waals surface area contributed by atoms with Gasteiger partial charge in [0.1, 0.15) is 0 Å². The van der Waals surface area contributed by atoms with Gasteiger partial charge in [0.2, 0.25) is 5.91 Å². The van der Waals surface area contributed by atoms with E-state index in [2.05, 4.69) is 10.6 Å². The Hall–Kier alpha value is -1.59. The lowest BCUT2D eigenvalue weighted by Crippen LogP contribution is -2.25. The molecular weight excluding hydrogens is 278 g/mol. The van der Waals surface area contributed by atoms with Crippen molar-refractivity contribution in [1.82, 2.24) is 5.32 Å². The maximum absolute atomic E-state index is 11.8. The average Bonchev–Trinajstić information content (AvgIpc) is 3.12. The zero-order chi connectivity index (χ0) is 13.8. The fourth-order valence-electron chi connectivity index (χ4n) is 1.71. The van der Waals surface area contributed by atoms with Crippen molar-refractivity contribution in [3.05, 3.63) is 29.8 Å². The molecule has 0 aliphatic heterocycles. The SMILES string of the molecule is CC(N)CC(=O)Nc1ccc(C(=O)NC2CC2)cc1.Cl. The average molecular weight is 298 g/mol. The fraction of sp³-hybridized carbons (Fsp3) is 0.429. The summed E-state index contributed by atoms with van der Waals surface area (Å²) in [5.74, 6) is -0.180. The first-order chi connectivity index (χ1) is 9.04. The molecule has 0 radical (unpaired) electrons. The third-order valence-corrected chi connectivity index (χ3v) is 2.85. The van der Waals surface area contributed by atoms with Crippen LogP contribution in [0.15, 0.2) is 24.3 Å². The van der Waals surface area contributed by atoms with Crippen molar-refractivity contribution < 1.29 is 9.59 Å². The molecule has 0 aromatic heterocycles. The van der Waals surface area contributed by atoms with E-state index in [0.29, 0.717) is 17.3 Å². The second-order valence-electron chi connectivity index (χ2n) is 5.05. The first-order valence-corrected chi connectivity index (χ1v) is 6.51. The van der Waals surface area contributed by atoms with Gasteiger partial charge in [-0.1, -0.05) is 0 Å². The van der Waals surface area contributed by atoms with Crippen LogP contribution in [0.25, 0.3) is 0 Å². The molecule has 1 atom stereocenters. The number of amides is 2. The summed E-state index contributed by atoms with van der Waals surface area (Å²) in [6, 6.07) is 7.04. The Bertz CT molecular complexity index is 470. The molecule has 1 aromatic rings. The number of hydrogen-bond acceptors (Lipinski definition) is 3. The lowest BCUT2D eigenvalue weighted by Gasteiger charge is -2.08. The highest BCUT2D eigenvalue weighted by Crippen LogP contribution is 2.19. The first kappa shape index (κ1) is 16.5. The van der Waals surface area contributed by atoms with E-state index >= 15 is 0 Å². The third-order valence-electron chi connectivity index (χ3n) is 2.85. The number of anilines is 1. The number of nitrogens with one attached hydrogen (secondary N) is 2. The van der Waals surface area contributed by atoms with E-state index in [9.17, 15) is 9.59 Å². The monoisotopic (exact) mass is 297 g/mol. The smallest absolute Gasteiger partial charge is 0.251 e. The highest BCUT2D eigenvalue weighted by atomic mass is 35.5. The molecule has 0 saturated heterocycles. The molecule has 4 N–H and O–H groups in total. The number of hydrogen-bond donors (Lipinski definition) is 3. The predicted molar refractivity (Wildman–Crippen MR) is 81.1 cm³/mol. The fourth-order valence-corrected chi connectivity index (χ4v) is 1.71. The van der Waals surface area contributed by atoms with Crippen molar-refractivity contribution >= 4 is 29.9 Å². The standard InChI is InChI=1S/C14H19N3O2.ClH/c1-9(15)8-13(18)16-11-4-2-10(3-5-11)14(19)17-12-6-7-12;/h2-5,9,12H,6-8,15H2,1H3,(H,16,18)(H,17,19);1H. The van der Waals surface area contributed by atoms with Crippen molar-refractivity contribution in [2.45, 2.75) is 38.3 Å². The van der Waals surface area contributed by atoms with Gasteiger partial charge in [0.25, 0.3) is 5.91 Å². The summed E-state index contributed by atoms with van der Waals surface area (Å²) >= 11 is 0. The zero-order valence-corrected chi connectivity index (χ0v) is 12.2. The highest BCUT2D eigenvalue weighted by molar-refractivity contribution is 5.96. The van der Waals surface area contributed by atoms with Crippen LogP contribution in [0.5, 0.6) is 0 Å². The van der Waals surface area contributed by atoms with Crippen LogP contribution >= 0.6 is 12.4 Å². The summed E-state index contributed by atoms with van der Waals surface area (Å²) in [6.45, 7) is 1.78. The Labute approximate surface area is 124 Å². The summed E-state index contributed by atoms with van der Waals surface area (Å²) in [5, 5.41) is 5.66. The van der Waals surface area contributed by atoms with Gasteiger partial charge in [-0.15, -0.1) is 12.4 Å². The third kappa shape index (κ3) is 5.19. The van der Waals surface area contributed by atoms with Crippen LogP contribution in [0.2, 0.25) is 0 Å². The van der Waals surface area contributed by atoms with Crippen molar-refractivity contribution in [3.63, 3.8) is 0 Å². The molecule has 2 rings (SSSR count). The molecule has 5 nitrogen and oxygen atoms in total. The molecule has 1 aliphatic carbocycles. The quantitative estimate of drug-likeness (QED) is 0.773. The van der Waals surface area contributed by atoms with Gasteiger partial charge in [0, 0.05) is 29.8 Å². The van der Waals surface area contributed by atoms with Crippen LogP contribution < -0.4 is 16.4 Å². The summed E-state index contributed by atoms with van der Waals surface area (Å²) < 4.78 is 0. The van der Waals surface area contributed by atoms with E-state index in [1.54, 1.807) is 31.2 Å². The maximum Gasteiger partial charge on any atom is 0.251 e. The molecule has 0 spiro atoms. The van der Waals surface area contributed by atoms with Gasteiger partial charge in [-0.25, -0.2) is 0 Å². The van der Waals surface area contributed by atoms with E-state index in [1.165, 1.54) is 0 Å². The molecule has 1 aromatic carbocycles. The van der Waals surface area contributed by atoms with E-state index < -0.39 is 0 Å². The van der Waals surface area contributed by atoms with E-state index in [-0.39, 0.29) is 36.7 Å².